The molecular formula is C9H17NO2. The van der Waals surface area contributed by atoms with Crippen LogP contribution in [0.2, 0.25) is 0 Å². The maximum Gasteiger partial charge on any atom is 0.227 e. The zero-order chi connectivity index (χ0) is 8.97. The van der Waals surface area contributed by atoms with Gasteiger partial charge in [-0.3, -0.25) is 4.79 Å². The number of carbonyl (C=O) groups is 1. The van der Waals surface area contributed by atoms with Gasteiger partial charge in [0, 0.05) is 19.6 Å². The average molecular weight is 171 g/mol. The molecule has 0 aliphatic carbocycles. The highest BCUT2D eigenvalue weighted by molar-refractivity contribution is 5.79. The molecule has 0 aromatic carbocycles. The Kier molecular flexibility index (Phi) is 3.53. The Morgan fingerprint density at radius 1 is 1.67 bits per heavy atom. The summed E-state index contributed by atoms with van der Waals surface area (Å²) in [7, 11) is 1.63. The summed E-state index contributed by atoms with van der Waals surface area (Å²) in [5, 5.41) is 0. The molecule has 1 saturated heterocycles. The summed E-state index contributed by atoms with van der Waals surface area (Å²) in [6.07, 6.45) is 3.13. The van der Waals surface area contributed by atoms with Crippen molar-refractivity contribution in [2.24, 2.45) is 5.92 Å². The third kappa shape index (κ3) is 1.97. The van der Waals surface area contributed by atoms with Gasteiger partial charge in [0.05, 0.1) is 0 Å². The number of carbonyl (C=O) groups excluding carboxylic acids is 1. The Bertz CT molecular complexity index is 157. The number of amides is 1. The molecule has 1 heterocycles. The lowest BCUT2D eigenvalue weighted by Crippen LogP contribution is -2.41. The first kappa shape index (κ1) is 9.52. The van der Waals surface area contributed by atoms with E-state index in [0.717, 1.165) is 25.8 Å². The highest BCUT2D eigenvalue weighted by Crippen LogP contribution is 2.20. The molecule has 1 unspecified atom stereocenters. The largest absolute Gasteiger partial charge is 0.364 e. The van der Waals surface area contributed by atoms with E-state index >= 15 is 0 Å². The van der Waals surface area contributed by atoms with Crippen molar-refractivity contribution in [3.05, 3.63) is 0 Å². The number of ether oxygens (including phenoxy) is 1. The van der Waals surface area contributed by atoms with E-state index in [0.29, 0.717) is 6.73 Å². The molecule has 0 aromatic rings. The summed E-state index contributed by atoms with van der Waals surface area (Å²) in [6.45, 7) is 3.39. The summed E-state index contributed by atoms with van der Waals surface area (Å²) in [5.74, 6) is 0.513. The smallest absolute Gasteiger partial charge is 0.227 e. The molecule has 0 N–H and O–H groups in total. The molecular weight excluding hydrogens is 154 g/mol. The van der Waals surface area contributed by atoms with Crippen LogP contribution in [0.3, 0.4) is 0 Å². The second-order valence-electron chi connectivity index (χ2n) is 3.27. The molecule has 12 heavy (non-hydrogen) atoms. The number of nitrogens with zero attached hydrogens (tertiary/aromatic N) is 1. The second-order valence-corrected chi connectivity index (χ2v) is 3.27. The normalized spacial score (nSPS) is 24.7. The van der Waals surface area contributed by atoms with Gasteiger partial charge in [0.1, 0.15) is 6.73 Å². The highest BCUT2D eigenvalue weighted by Gasteiger charge is 2.26. The third-order valence-electron chi connectivity index (χ3n) is 2.42. The molecule has 3 heteroatoms. The predicted molar refractivity (Wildman–Crippen MR) is 46.6 cm³/mol. The zero-order valence-corrected chi connectivity index (χ0v) is 7.88. The Balaban J connectivity index is 2.47. The summed E-state index contributed by atoms with van der Waals surface area (Å²) >= 11 is 0. The van der Waals surface area contributed by atoms with E-state index < -0.39 is 0 Å². The van der Waals surface area contributed by atoms with E-state index in [9.17, 15) is 4.79 Å². The predicted octanol–water partition coefficient (Wildman–Crippen LogP) is 1.24. The van der Waals surface area contributed by atoms with Crippen LogP contribution in [0.1, 0.15) is 26.2 Å². The van der Waals surface area contributed by atoms with Gasteiger partial charge < -0.3 is 9.64 Å². The molecule has 0 radical (unpaired) electrons. The van der Waals surface area contributed by atoms with Crippen molar-refractivity contribution in [3.8, 4) is 0 Å². The van der Waals surface area contributed by atoms with Gasteiger partial charge in [-0.05, 0) is 19.3 Å². The van der Waals surface area contributed by atoms with Gasteiger partial charge in [0.25, 0.3) is 0 Å². The van der Waals surface area contributed by atoms with Crippen molar-refractivity contribution in [2.45, 2.75) is 26.2 Å². The molecule has 1 aliphatic heterocycles. The van der Waals surface area contributed by atoms with Crippen LogP contribution in [0, 0.1) is 5.92 Å². The van der Waals surface area contributed by atoms with Crippen molar-refractivity contribution in [2.75, 3.05) is 20.4 Å². The lowest BCUT2D eigenvalue weighted by Gasteiger charge is -2.30. The molecule has 0 bridgehead atoms. The minimum Gasteiger partial charge on any atom is -0.364 e. The number of rotatable bonds is 3. The first-order valence-corrected chi connectivity index (χ1v) is 4.57. The molecule has 0 spiro atoms. The Labute approximate surface area is 73.7 Å². The fraction of sp³-hybridized carbons (Fsp3) is 0.889. The number of hydrogen-bond acceptors (Lipinski definition) is 2. The second kappa shape index (κ2) is 4.45. The van der Waals surface area contributed by atoms with Crippen LogP contribution in [0.15, 0.2) is 0 Å². The van der Waals surface area contributed by atoms with Crippen LogP contribution >= 0.6 is 0 Å². The maximum atomic E-state index is 11.6. The molecule has 1 aliphatic rings. The first-order chi connectivity index (χ1) is 5.79. The lowest BCUT2D eigenvalue weighted by atomic mass is 9.95. The van der Waals surface area contributed by atoms with Gasteiger partial charge in [-0.1, -0.05) is 6.92 Å². The lowest BCUT2D eigenvalue weighted by molar-refractivity contribution is -0.143. The van der Waals surface area contributed by atoms with Gasteiger partial charge in [-0.25, -0.2) is 0 Å². The van der Waals surface area contributed by atoms with Crippen molar-refractivity contribution < 1.29 is 9.53 Å². The topological polar surface area (TPSA) is 29.5 Å². The van der Waals surface area contributed by atoms with Crippen LogP contribution in [-0.4, -0.2) is 31.2 Å². The molecule has 0 aromatic heterocycles. The van der Waals surface area contributed by atoms with E-state index in [1.807, 2.05) is 0 Å². The van der Waals surface area contributed by atoms with E-state index in [1.165, 1.54) is 0 Å². The summed E-state index contributed by atoms with van der Waals surface area (Å²) in [4.78, 5) is 13.4. The maximum absolute atomic E-state index is 11.6. The van der Waals surface area contributed by atoms with Gasteiger partial charge in [-0.2, -0.15) is 0 Å². The standard InChI is InChI=1S/C9H17NO2/c1-3-8-5-4-6-10(7-12-2)9(8)11/h8H,3-7H2,1-2H3. The van der Waals surface area contributed by atoms with Crippen molar-refractivity contribution in [1.29, 1.82) is 0 Å². The summed E-state index contributed by atoms with van der Waals surface area (Å²) < 4.78 is 4.95. The SMILES string of the molecule is CCC1CCCN(COC)C1=O. The number of hydrogen-bond donors (Lipinski definition) is 0. The molecule has 0 saturated carbocycles. The highest BCUT2D eigenvalue weighted by atomic mass is 16.5. The first-order valence-electron chi connectivity index (χ1n) is 4.57. The fourth-order valence-corrected chi connectivity index (χ4v) is 1.68. The Hall–Kier alpha value is -0.570. The monoisotopic (exact) mass is 171 g/mol. The summed E-state index contributed by atoms with van der Waals surface area (Å²) in [5.41, 5.74) is 0. The Morgan fingerprint density at radius 3 is 3.00 bits per heavy atom. The van der Waals surface area contributed by atoms with Crippen LogP contribution in [-0.2, 0) is 9.53 Å². The average Bonchev–Trinajstić information content (AvgIpc) is 2.09. The molecule has 3 nitrogen and oxygen atoms in total. The van der Waals surface area contributed by atoms with Gasteiger partial charge in [0.2, 0.25) is 5.91 Å². The van der Waals surface area contributed by atoms with Crippen LogP contribution < -0.4 is 0 Å². The Morgan fingerprint density at radius 2 is 2.42 bits per heavy atom. The van der Waals surface area contributed by atoms with Gasteiger partial charge in [-0.15, -0.1) is 0 Å². The van der Waals surface area contributed by atoms with E-state index in [1.54, 1.807) is 12.0 Å². The third-order valence-corrected chi connectivity index (χ3v) is 2.42. The van der Waals surface area contributed by atoms with E-state index in [4.69, 9.17) is 4.74 Å². The van der Waals surface area contributed by atoms with E-state index in [-0.39, 0.29) is 11.8 Å². The summed E-state index contributed by atoms with van der Waals surface area (Å²) in [6, 6.07) is 0. The zero-order valence-electron chi connectivity index (χ0n) is 7.88. The molecule has 1 rings (SSSR count). The number of likely N-dealkylation sites (tertiary alicyclic amines) is 1. The molecule has 1 atom stereocenters. The van der Waals surface area contributed by atoms with Crippen LogP contribution in [0.4, 0.5) is 0 Å². The van der Waals surface area contributed by atoms with Crippen molar-refractivity contribution in [3.63, 3.8) is 0 Å². The van der Waals surface area contributed by atoms with Gasteiger partial charge in [0.15, 0.2) is 0 Å². The minimum atomic E-state index is 0.244. The molecule has 1 fully saturated rings. The number of piperidine rings is 1. The molecule has 70 valence electrons. The van der Waals surface area contributed by atoms with E-state index in [2.05, 4.69) is 6.92 Å². The quantitative estimate of drug-likeness (QED) is 0.639. The van der Waals surface area contributed by atoms with Gasteiger partial charge >= 0.3 is 0 Å². The van der Waals surface area contributed by atoms with Crippen molar-refractivity contribution >= 4 is 5.91 Å². The van der Waals surface area contributed by atoms with Crippen LogP contribution in [0.25, 0.3) is 0 Å². The minimum absolute atomic E-state index is 0.244. The van der Waals surface area contributed by atoms with Crippen LogP contribution in [0.5, 0.6) is 0 Å². The fourth-order valence-electron chi connectivity index (χ4n) is 1.68. The molecule has 1 amide bonds. The number of methoxy groups -OCH3 is 1. The van der Waals surface area contributed by atoms with Crippen molar-refractivity contribution in [1.82, 2.24) is 4.90 Å².